The van der Waals surface area contributed by atoms with Gasteiger partial charge in [0.05, 0.1) is 22.1 Å². The van der Waals surface area contributed by atoms with Gasteiger partial charge in [0.15, 0.2) is 0 Å². The van der Waals surface area contributed by atoms with Gasteiger partial charge in [-0.1, -0.05) is 18.2 Å². The summed E-state index contributed by atoms with van der Waals surface area (Å²) in [5, 5.41) is 22.9. The van der Waals surface area contributed by atoms with Gasteiger partial charge in [-0.25, -0.2) is 0 Å². The molecular weight excluding hydrogens is 349 g/mol. The van der Waals surface area contributed by atoms with Crippen molar-refractivity contribution >= 4 is 27.7 Å². The maximum Gasteiger partial charge on any atom is 1.00 e. The summed E-state index contributed by atoms with van der Waals surface area (Å²) in [4.78, 5) is 22.5. The molecule has 0 heterocycles. The molecule has 24 heavy (non-hydrogen) atoms. The van der Waals surface area contributed by atoms with Crippen LogP contribution in [0.4, 0.5) is 5.69 Å². The van der Waals surface area contributed by atoms with Crippen LogP contribution in [0.5, 0.6) is 5.75 Å². The van der Waals surface area contributed by atoms with Gasteiger partial charge in [-0.3, -0.25) is 9.35 Å². The van der Waals surface area contributed by atoms with E-state index in [9.17, 15) is 28.2 Å². The summed E-state index contributed by atoms with van der Waals surface area (Å²) in [5.41, 5.74) is -0.825. The molecule has 0 unspecified atom stereocenters. The number of carbonyl (C=O) groups excluding carboxylic acids is 2. The molecule has 0 spiro atoms. The summed E-state index contributed by atoms with van der Waals surface area (Å²) in [6.45, 7) is 0. The van der Waals surface area contributed by atoms with Crippen LogP contribution >= 0.6 is 0 Å². The number of anilines is 1. The summed E-state index contributed by atoms with van der Waals surface area (Å²) >= 11 is 0. The van der Waals surface area contributed by atoms with E-state index >= 15 is 0 Å². The maximum absolute atomic E-state index is 12.1. The van der Waals surface area contributed by atoms with Crippen molar-refractivity contribution in [3.05, 3.63) is 53.6 Å². The first-order valence-electron chi connectivity index (χ1n) is 6.12. The summed E-state index contributed by atoms with van der Waals surface area (Å²) in [6.07, 6.45) is 0. The number of benzene rings is 2. The zero-order valence-corrected chi connectivity index (χ0v) is 15.2. The van der Waals surface area contributed by atoms with Crippen LogP contribution in [0.3, 0.4) is 0 Å². The van der Waals surface area contributed by atoms with Crippen molar-refractivity contribution in [2.24, 2.45) is 0 Å². The number of para-hydroxylation sites is 1. The number of aromatic carboxylic acids is 1. The number of phenolic OH excluding ortho intramolecular Hbond substituents is 1. The van der Waals surface area contributed by atoms with Crippen molar-refractivity contribution in [3.8, 4) is 5.75 Å². The smallest absolute Gasteiger partial charge is 0.545 e. The monoisotopic (exact) mass is 359 g/mol. The fraction of sp³-hybridized carbons (Fsp3) is 0. The van der Waals surface area contributed by atoms with Crippen LogP contribution < -0.4 is 40.0 Å². The molecule has 3 N–H and O–H groups in total. The normalized spacial score (nSPS) is 10.5. The van der Waals surface area contributed by atoms with E-state index in [1.54, 1.807) is 0 Å². The Morgan fingerprint density at radius 2 is 1.67 bits per heavy atom. The Labute approximate surface area is 159 Å². The number of carboxylic acid groups (broad SMARTS) is 1. The third-order valence-electron chi connectivity index (χ3n) is 2.91. The Bertz CT molecular complexity index is 896. The third-order valence-corrected chi connectivity index (χ3v) is 3.76. The topological polar surface area (TPSA) is 144 Å². The zero-order chi connectivity index (χ0) is 17.2. The predicted molar refractivity (Wildman–Crippen MR) is 76.6 cm³/mol. The third kappa shape index (κ3) is 4.56. The quantitative estimate of drug-likeness (QED) is 0.397. The zero-order valence-electron chi connectivity index (χ0n) is 12.4. The molecule has 1 amide bonds. The Morgan fingerprint density at radius 3 is 2.25 bits per heavy atom. The van der Waals surface area contributed by atoms with E-state index in [-0.39, 0.29) is 40.8 Å². The molecule has 0 atom stereocenters. The standard InChI is InChI=1S/C14H11NO7S.Na/c16-12-6-5-8(23(20,21)22)7-10(12)13(17)15-11-4-2-1-3-9(11)14(18)19;/h1-7,16H,(H,15,17)(H,18,19)(H,20,21,22);/q;+1/p-1. The van der Waals surface area contributed by atoms with Gasteiger partial charge >= 0.3 is 29.6 Å². The molecule has 10 heteroatoms. The molecule has 2 aromatic rings. The van der Waals surface area contributed by atoms with Gasteiger partial charge in [0.2, 0.25) is 0 Å². The Hall–Kier alpha value is -1.91. The summed E-state index contributed by atoms with van der Waals surface area (Å²) < 4.78 is 31.1. The Morgan fingerprint density at radius 1 is 1.04 bits per heavy atom. The largest absolute Gasteiger partial charge is 1.00 e. The second kappa shape index (κ2) is 7.77. The number of amides is 1. The molecule has 0 saturated heterocycles. The molecule has 0 radical (unpaired) electrons. The van der Waals surface area contributed by atoms with E-state index in [4.69, 9.17) is 4.55 Å². The van der Waals surface area contributed by atoms with Gasteiger partial charge in [-0.05, 0) is 24.3 Å². The second-order valence-corrected chi connectivity index (χ2v) is 5.86. The van der Waals surface area contributed by atoms with Gasteiger partial charge in [0, 0.05) is 5.56 Å². The van der Waals surface area contributed by atoms with Crippen LogP contribution in [0.2, 0.25) is 0 Å². The van der Waals surface area contributed by atoms with Crippen molar-refractivity contribution in [2.75, 3.05) is 5.32 Å². The minimum atomic E-state index is -4.57. The SMILES string of the molecule is O=C(Nc1ccccc1C(=O)[O-])c1cc(S(=O)(=O)O)ccc1O.[Na+]. The molecule has 0 fully saturated rings. The number of carboxylic acids is 1. The van der Waals surface area contributed by atoms with Crippen LogP contribution in [0, 0.1) is 0 Å². The van der Waals surface area contributed by atoms with E-state index in [1.165, 1.54) is 24.3 Å². The molecule has 0 bridgehead atoms. The number of carbonyl (C=O) groups is 2. The number of rotatable bonds is 4. The van der Waals surface area contributed by atoms with Crippen molar-refractivity contribution in [1.82, 2.24) is 0 Å². The number of nitrogens with one attached hydrogen (secondary N) is 1. The molecule has 0 aliphatic heterocycles. The first-order valence-corrected chi connectivity index (χ1v) is 7.56. The fourth-order valence-electron chi connectivity index (χ4n) is 1.82. The molecule has 8 nitrogen and oxygen atoms in total. The molecule has 120 valence electrons. The van der Waals surface area contributed by atoms with Gasteiger partial charge in [-0.15, -0.1) is 0 Å². The number of hydrogen-bond donors (Lipinski definition) is 3. The first-order chi connectivity index (χ1) is 10.7. The molecular formula is C14H10NNaO7S. The summed E-state index contributed by atoms with van der Waals surface area (Å²) in [6, 6.07) is 8.00. The second-order valence-electron chi connectivity index (χ2n) is 4.44. The summed E-state index contributed by atoms with van der Waals surface area (Å²) in [7, 11) is -4.57. The fourth-order valence-corrected chi connectivity index (χ4v) is 2.32. The van der Waals surface area contributed by atoms with Crippen LogP contribution in [-0.2, 0) is 10.1 Å². The Balaban J connectivity index is 0.00000288. The average molecular weight is 359 g/mol. The molecule has 2 aromatic carbocycles. The number of phenols is 1. The van der Waals surface area contributed by atoms with Crippen molar-refractivity contribution in [2.45, 2.75) is 4.90 Å². The molecule has 0 aliphatic carbocycles. The molecule has 2 rings (SSSR count). The van der Waals surface area contributed by atoms with E-state index in [0.29, 0.717) is 0 Å². The van der Waals surface area contributed by atoms with Gasteiger partial charge < -0.3 is 20.3 Å². The minimum Gasteiger partial charge on any atom is -0.545 e. The van der Waals surface area contributed by atoms with E-state index in [1.807, 2.05) is 0 Å². The average Bonchev–Trinajstić information content (AvgIpc) is 2.46. The van der Waals surface area contributed by atoms with Crippen molar-refractivity contribution < 1.29 is 62.3 Å². The van der Waals surface area contributed by atoms with Crippen LogP contribution in [0.25, 0.3) is 0 Å². The number of aromatic hydroxyl groups is 1. The van der Waals surface area contributed by atoms with E-state index in [2.05, 4.69) is 5.32 Å². The number of hydrogen-bond acceptors (Lipinski definition) is 6. The Kier molecular flexibility index (Phi) is 6.52. The van der Waals surface area contributed by atoms with E-state index in [0.717, 1.165) is 18.2 Å². The maximum atomic E-state index is 12.1. The van der Waals surface area contributed by atoms with Crippen molar-refractivity contribution in [1.29, 1.82) is 0 Å². The van der Waals surface area contributed by atoms with Gasteiger partial charge in [-0.2, -0.15) is 8.42 Å². The molecule has 0 saturated carbocycles. The molecule has 0 aliphatic rings. The van der Waals surface area contributed by atoms with Gasteiger partial charge in [0.1, 0.15) is 5.75 Å². The molecule has 0 aromatic heterocycles. The first kappa shape index (κ1) is 20.1. The van der Waals surface area contributed by atoms with Crippen molar-refractivity contribution in [3.63, 3.8) is 0 Å². The van der Waals surface area contributed by atoms with Gasteiger partial charge in [0.25, 0.3) is 16.0 Å². The predicted octanol–water partition coefficient (Wildman–Crippen LogP) is -2.74. The minimum absolute atomic E-state index is 0. The van der Waals surface area contributed by atoms with Crippen LogP contribution in [-0.4, -0.2) is 30.0 Å². The summed E-state index contributed by atoms with van der Waals surface area (Å²) in [5.74, 6) is -3.01. The van der Waals surface area contributed by atoms with Crippen LogP contribution in [0.15, 0.2) is 47.4 Å². The van der Waals surface area contributed by atoms with Crippen LogP contribution in [0.1, 0.15) is 20.7 Å². The van der Waals surface area contributed by atoms with E-state index < -0.39 is 38.2 Å².